The Morgan fingerprint density at radius 2 is 2.16 bits per heavy atom. The van der Waals surface area contributed by atoms with Gasteiger partial charge in [-0.3, -0.25) is 4.79 Å². The lowest BCUT2D eigenvalue weighted by Gasteiger charge is -2.10. The Morgan fingerprint density at radius 1 is 1.42 bits per heavy atom. The minimum Gasteiger partial charge on any atom is -0.396 e. The van der Waals surface area contributed by atoms with E-state index >= 15 is 0 Å². The lowest BCUT2D eigenvalue weighted by molar-refractivity contribution is 0.0821. The van der Waals surface area contributed by atoms with Gasteiger partial charge < -0.3 is 15.3 Å². The fraction of sp³-hybridized carbons (Fsp3) is 0.615. The average Bonchev–Trinajstić information content (AvgIpc) is 2.43. The first-order chi connectivity index (χ1) is 9.04. The van der Waals surface area contributed by atoms with Gasteiger partial charge in [-0.25, -0.2) is 0 Å². The Kier molecular flexibility index (Phi) is 6.21. The summed E-state index contributed by atoms with van der Waals surface area (Å²) in [5.41, 5.74) is 0.337. The van der Waals surface area contributed by atoms with Gasteiger partial charge in [-0.05, 0) is 30.9 Å². The Morgan fingerprint density at radius 3 is 2.68 bits per heavy atom. The zero-order chi connectivity index (χ0) is 14.3. The molecule has 1 aromatic heterocycles. The molecule has 0 aliphatic rings. The molecule has 1 amide bonds. The van der Waals surface area contributed by atoms with Crippen molar-refractivity contribution in [2.75, 3.05) is 32.6 Å². The average molecular weight is 266 g/mol. The second kappa shape index (κ2) is 7.68. The number of amides is 1. The number of aliphatic hydroxyl groups is 1. The van der Waals surface area contributed by atoms with Crippen LogP contribution in [0.3, 0.4) is 0 Å². The van der Waals surface area contributed by atoms with Crippen molar-refractivity contribution in [1.82, 2.24) is 15.1 Å². The highest BCUT2D eigenvalue weighted by molar-refractivity contribution is 5.91. The van der Waals surface area contributed by atoms with E-state index < -0.39 is 0 Å². The Hall–Kier alpha value is -1.69. The third-order valence-electron chi connectivity index (χ3n) is 2.78. The lowest BCUT2D eigenvalue weighted by atomic mass is 10.1. The van der Waals surface area contributed by atoms with E-state index in [1.165, 1.54) is 4.90 Å². The molecule has 0 saturated heterocycles. The number of nitrogens with zero attached hydrogens (tertiary/aromatic N) is 3. The number of anilines is 1. The number of hydrogen-bond donors (Lipinski definition) is 2. The highest BCUT2D eigenvalue weighted by Crippen LogP contribution is 2.06. The summed E-state index contributed by atoms with van der Waals surface area (Å²) in [6.45, 7) is 3.02. The molecule has 0 aromatic carbocycles. The molecular weight excluding hydrogens is 244 g/mol. The van der Waals surface area contributed by atoms with Gasteiger partial charge in [0.05, 0.1) is 0 Å². The van der Waals surface area contributed by atoms with Crippen LogP contribution in [0, 0.1) is 5.92 Å². The van der Waals surface area contributed by atoms with Crippen LogP contribution in [0.5, 0.6) is 0 Å². The third-order valence-corrected chi connectivity index (χ3v) is 2.78. The Balaban J connectivity index is 2.38. The monoisotopic (exact) mass is 266 g/mol. The van der Waals surface area contributed by atoms with E-state index in [4.69, 9.17) is 5.11 Å². The zero-order valence-corrected chi connectivity index (χ0v) is 11.8. The Bertz CT molecular complexity index is 392. The summed E-state index contributed by atoms with van der Waals surface area (Å²) in [6.07, 6.45) is 1.93. The molecule has 0 aliphatic carbocycles. The van der Waals surface area contributed by atoms with Crippen molar-refractivity contribution in [2.45, 2.75) is 19.8 Å². The van der Waals surface area contributed by atoms with Gasteiger partial charge in [0.1, 0.15) is 5.82 Å². The van der Waals surface area contributed by atoms with Crippen LogP contribution in [0.25, 0.3) is 0 Å². The maximum absolute atomic E-state index is 11.6. The number of aromatic nitrogens is 2. The first-order valence-corrected chi connectivity index (χ1v) is 6.44. The molecule has 106 valence electrons. The molecule has 6 heteroatoms. The summed E-state index contributed by atoms with van der Waals surface area (Å²) in [4.78, 5) is 13.1. The number of carbonyl (C=O) groups excluding carboxylic acids is 1. The van der Waals surface area contributed by atoms with Gasteiger partial charge in [-0.2, -0.15) is 0 Å². The highest BCUT2D eigenvalue weighted by atomic mass is 16.3. The fourth-order valence-electron chi connectivity index (χ4n) is 1.53. The largest absolute Gasteiger partial charge is 0.396 e. The maximum Gasteiger partial charge on any atom is 0.273 e. The van der Waals surface area contributed by atoms with Crippen LogP contribution < -0.4 is 5.32 Å². The molecule has 0 aliphatic heterocycles. The van der Waals surface area contributed by atoms with E-state index in [1.54, 1.807) is 26.2 Å². The molecule has 1 unspecified atom stereocenters. The van der Waals surface area contributed by atoms with E-state index in [0.29, 0.717) is 17.4 Å². The van der Waals surface area contributed by atoms with Gasteiger partial charge in [-0.1, -0.05) is 6.92 Å². The van der Waals surface area contributed by atoms with Crippen LogP contribution in [-0.2, 0) is 0 Å². The first kappa shape index (κ1) is 15.4. The lowest BCUT2D eigenvalue weighted by Crippen LogP contribution is -2.23. The second-order valence-electron chi connectivity index (χ2n) is 4.86. The highest BCUT2D eigenvalue weighted by Gasteiger charge is 2.09. The number of aliphatic hydroxyl groups excluding tert-OH is 1. The van der Waals surface area contributed by atoms with Gasteiger partial charge in [-0.15, -0.1) is 10.2 Å². The molecule has 0 bridgehead atoms. The van der Waals surface area contributed by atoms with Crippen LogP contribution in [0.2, 0.25) is 0 Å². The Labute approximate surface area is 113 Å². The van der Waals surface area contributed by atoms with Crippen LogP contribution in [0.1, 0.15) is 30.3 Å². The topological polar surface area (TPSA) is 78.4 Å². The SMILES string of the molecule is CC(CO)CCCNc1ccc(C(=O)N(C)C)nn1. The summed E-state index contributed by atoms with van der Waals surface area (Å²) in [7, 11) is 3.36. The number of carbonyl (C=O) groups is 1. The van der Waals surface area contributed by atoms with Crippen molar-refractivity contribution < 1.29 is 9.90 Å². The van der Waals surface area contributed by atoms with E-state index in [0.717, 1.165) is 19.4 Å². The van der Waals surface area contributed by atoms with E-state index in [9.17, 15) is 4.79 Å². The molecule has 2 N–H and O–H groups in total. The smallest absolute Gasteiger partial charge is 0.273 e. The molecule has 0 radical (unpaired) electrons. The van der Waals surface area contributed by atoms with Gasteiger partial charge in [0, 0.05) is 27.2 Å². The standard InChI is InChI=1S/C13H22N4O2/c1-10(9-18)5-4-8-14-12-7-6-11(15-16-12)13(19)17(2)3/h6-7,10,18H,4-5,8-9H2,1-3H3,(H,14,16). The first-order valence-electron chi connectivity index (χ1n) is 6.44. The fourth-order valence-corrected chi connectivity index (χ4v) is 1.53. The van der Waals surface area contributed by atoms with Crippen molar-refractivity contribution in [1.29, 1.82) is 0 Å². The molecule has 1 aromatic rings. The molecule has 19 heavy (non-hydrogen) atoms. The van der Waals surface area contributed by atoms with Crippen molar-refractivity contribution in [2.24, 2.45) is 5.92 Å². The molecule has 0 spiro atoms. The number of nitrogens with one attached hydrogen (secondary N) is 1. The van der Waals surface area contributed by atoms with Crippen LogP contribution in [-0.4, -0.2) is 53.4 Å². The van der Waals surface area contributed by atoms with Crippen LogP contribution in [0.4, 0.5) is 5.82 Å². The quantitative estimate of drug-likeness (QED) is 0.720. The van der Waals surface area contributed by atoms with E-state index in [2.05, 4.69) is 15.5 Å². The normalized spacial score (nSPS) is 12.0. The maximum atomic E-state index is 11.6. The summed E-state index contributed by atoms with van der Waals surface area (Å²) in [6, 6.07) is 3.41. The molecule has 1 heterocycles. The molecule has 0 fully saturated rings. The number of hydrogen-bond acceptors (Lipinski definition) is 5. The van der Waals surface area contributed by atoms with Gasteiger partial charge >= 0.3 is 0 Å². The van der Waals surface area contributed by atoms with Crippen molar-refractivity contribution in [3.8, 4) is 0 Å². The summed E-state index contributed by atoms with van der Waals surface area (Å²) in [5.74, 6) is 0.829. The van der Waals surface area contributed by atoms with Gasteiger partial charge in [0.15, 0.2) is 5.69 Å². The minimum absolute atomic E-state index is 0.157. The molecule has 1 atom stereocenters. The van der Waals surface area contributed by atoms with Gasteiger partial charge in [0.2, 0.25) is 0 Å². The third kappa shape index (κ3) is 5.21. The van der Waals surface area contributed by atoms with Crippen LogP contribution >= 0.6 is 0 Å². The number of rotatable bonds is 7. The summed E-state index contributed by atoms with van der Waals surface area (Å²) in [5, 5.41) is 19.9. The predicted molar refractivity (Wildman–Crippen MR) is 74.0 cm³/mol. The molecule has 6 nitrogen and oxygen atoms in total. The molecular formula is C13H22N4O2. The molecule has 1 rings (SSSR count). The van der Waals surface area contributed by atoms with Crippen molar-refractivity contribution in [3.63, 3.8) is 0 Å². The van der Waals surface area contributed by atoms with E-state index in [1.807, 2.05) is 6.92 Å². The molecule has 0 saturated carbocycles. The predicted octanol–water partition coefficient (Wildman–Crippen LogP) is 0.999. The van der Waals surface area contributed by atoms with Crippen molar-refractivity contribution >= 4 is 11.7 Å². The zero-order valence-electron chi connectivity index (χ0n) is 11.8. The van der Waals surface area contributed by atoms with E-state index in [-0.39, 0.29) is 12.5 Å². The summed E-state index contributed by atoms with van der Waals surface area (Å²) >= 11 is 0. The van der Waals surface area contributed by atoms with Crippen molar-refractivity contribution in [3.05, 3.63) is 17.8 Å². The second-order valence-corrected chi connectivity index (χ2v) is 4.86. The summed E-state index contributed by atoms with van der Waals surface area (Å²) < 4.78 is 0. The van der Waals surface area contributed by atoms with Gasteiger partial charge in [0.25, 0.3) is 5.91 Å². The van der Waals surface area contributed by atoms with Crippen LogP contribution in [0.15, 0.2) is 12.1 Å². The minimum atomic E-state index is -0.157.